The highest BCUT2D eigenvalue weighted by molar-refractivity contribution is 7.92. The number of sulfone groups is 1. The summed E-state index contributed by atoms with van der Waals surface area (Å²) in [5.41, 5.74) is 0. The quantitative estimate of drug-likeness (QED) is 0.679. The highest BCUT2D eigenvalue weighted by atomic mass is 32.2. The predicted octanol–water partition coefficient (Wildman–Crippen LogP) is -0.287. The van der Waals surface area contributed by atoms with Crippen molar-refractivity contribution in [3.05, 3.63) is 0 Å². The van der Waals surface area contributed by atoms with Crippen molar-refractivity contribution < 1.29 is 17.9 Å². The van der Waals surface area contributed by atoms with E-state index >= 15 is 0 Å². The fourth-order valence-electron chi connectivity index (χ4n) is 2.28. The molecule has 16 heavy (non-hydrogen) atoms. The van der Waals surface area contributed by atoms with E-state index in [1.54, 1.807) is 6.92 Å². The standard InChI is InChI=1S/C10H17NO4S/c1-6-9(7-3-4-7)11-8(10(12)15-2)5-16(6,13)14/h6-9,11H,3-5H2,1-2H3. The molecule has 0 bridgehead atoms. The molecule has 0 amide bonds. The number of hydrogen-bond donors (Lipinski definition) is 1. The zero-order chi connectivity index (χ0) is 11.9. The Morgan fingerprint density at radius 3 is 2.50 bits per heavy atom. The third-order valence-corrected chi connectivity index (χ3v) is 5.70. The molecule has 1 saturated carbocycles. The van der Waals surface area contributed by atoms with Gasteiger partial charge < -0.3 is 4.74 Å². The van der Waals surface area contributed by atoms with Crippen LogP contribution in [0.1, 0.15) is 19.8 Å². The lowest BCUT2D eigenvalue weighted by Crippen LogP contribution is -2.60. The molecule has 0 radical (unpaired) electrons. The van der Waals surface area contributed by atoms with E-state index in [1.165, 1.54) is 7.11 Å². The summed E-state index contributed by atoms with van der Waals surface area (Å²) < 4.78 is 28.4. The average molecular weight is 247 g/mol. The minimum Gasteiger partial charge on any atom is -0.468 e. The molecule has 5 nitrogen and oxygen atoms in total. The van der Waals surface area contributed by atoms with Crippen LogP contribution in [0, 0.1) is 5.92 Å². The smallest absolute Gasteiger partial charge is 0.323 e. The lowest BCUT2D eigenvalue weighted by molar-refractivity contribution is -0.142. The van der Waals surface area contributed by atoms with Gasteiger partial charge in [-0.1, -0.05) is 0 Å². The van der Waals surface area contributed by atoms with Gasteiger partial charge in [-0.15, -0.1) is 0 Å². The van der Waals surface area contributed by atoms with E-state index in [1.807, 2.05) is 0 Å². The summed E-state index contributed by atoms with van der Waals surface area (Å²) in [6, 6.07) is -0.792. The zero-order valence-corrected chi connectivity index (χ0v) is 10.3. The van der Waals surface area contributed by atoms with Gasteiger partial charge in [-0.3, -0.25) is 10.1 Å². The van der Waals surface area contributed by atoms with E-state index in [0.29, 0.717) is 5.92 Å². The van der Waals surface area contributed by atoms with E-state index in [9.17, 15) is 13.2 Å². The Hall–Kier alpha value is -0.620. The molecule has 1 saturated heterocycles. The largest absolute Gasteiger partial charge is 0.468 e. The Morgan fingerprint density at radius 1 is 1.38 bits per heavy atom. The first kappa shape index (κ1) is 11.9. The van der Waals surface area contributed by atoms with Gasteiger partial charge in [0.05, 0.1) is 18.1 Å². The molecule has 92 valence electrons. The van der Waals surface area contributed by atoms with E-state index in [0.717, 1.165) is 12.8 Å². The second kappa shape index (κ2) is 4.00. The maximum absolute atomic E-state index is 11.9. The summed E-state index contributed by atoms with van der Waals surface area (Å²) in [7, 11) is -1.90. The summed E-state index contributed by atoms with van der Waals surface area (Å²) in [4.78, 5) is 11.4. The van der Waals surface area contributed by atoms with Gasteiger partial charge in [-0.2, -0.15) is 0 Å². The summed E-state index contributed by atoms with van der Waals surface area (Å²) in [6.45, 7) is 1.72. The van der Waals surface area contributed by atoms with Crippen LogP contribution in [0.25, 0.3) is 0 Å². The SMILES string of the molecule is COC(=O)C1CS(=O)(=O)C(C)C(C2CC2)N1. The van der Waals surface area contributed by atoms with Crippen molar-refractivity contribution in [2.24, 2.45) is 5.92 Å². The molecule has 0 aromatic heterocycles. The molecule has 0 aromatic carbocycles. The molecule has 6 heteroatoms. The van der Waals surface area contributed by atoms with Crippen LogP contribution in [0.15, 0.2) is 0 Å². The number of methoxy groups -OCH3 is 1. The molecule has 2 aliphatic rings. The van der Waals surface area contributed by atoms with Crippen LogP contribution in [0.2, 0.25) is 0 Å². The number of carbonyl (C=O) groups excluding carboxylic acids is 1. The number of hydrogen-bond acceptors (Lipinski definition) is 5. The topological polar surface area (TPSA) is 72.5 Å². The number of nitrogens with one attached hydrogen (secondary N) is 1. The molecule has 1 aliphatic heterocycles. The van der Waals surface area contributed by atoms with Crippen molar-refractivity contribution in [2.45, 2.75) is 37.1 Å². The molecule has 0 aromatic rings. The monoisotopic (exact) mass is 247 g/mol. The summed E-state index contributed by atoms with van der Waals surface area (Å²) in [5.74, 6) is -0.234. The van der Waals surface area contributed by atoms with Crippen LogP contribution >= 0.6 is 0 Å². The number of esters is 1. The fourth-order valence-corrected chi connectivity index (χ4v) is 4.02. The molecular formula is C10H17NO4S. The molecule has 2 rings (SSSR count). The van der Waals surface area contributed by atoms with Crippen LogP contribution < -0.4 is 5.32 Å². The molecule has 1 aliphatic carbocycles. The number of rotatable bonds is 2. The lowest BCUT2D eigenvalue weighted by Gasteiger charge is -2.34. The Morgan fingerprint density at radius 2 is 2.00 bits per heavy atom. The van der Waals surface area contributed by atoms with Gasteiger partial charge in [0, 0.05) is 6.04 Å². The van der Waals surface area contributed by atoms with E-state index < -0.39 is 27.1 Å². The van der Waals surface area contributed by atoms with Crippen LogP contribution in [0.5, 0.6) is 0 Å². The molecule has 1 N–H and O–H groups in total. The van der Waals surface area contributed by atoms with Crippen molar-refractivity contribution in [1.29, 1.82) is 0 Å². The first-order chi connectivity index (χ1) is 7.45. The van der Waals surface area contributed by atoms with Crippen LogP contribution in [0.3, 0.4) is 0 Å². The van der Waals surface area contributed by atoms with Crippen molar-refractivity contribution in [1.82, 2.24) is 5.32 Å². The minimum absolute atomic E-state index is 0.0946. The van der Waals surface area contributed by atoms with Gasteiger partial charge in [0.25, 0.3) is 0 Å². The molecule has 1 heterocycles. The van der Waals surface area contributed by atoms with E-state index in [-0.39, 0.29) is 11.8 Å². The Labute approximate surface area is 95.5 Å². The first-order valence-electron chi connectivity index (χ1n) is 5.51. The Balaban J connectivity index is 2.19. The van der Waals surface area contributed by atoms with E-state index in [2.05, 4.69) is 10.1 Å². The second-order valence-electron chi connectivity index (χ2n) is 4.64. The van der Waals surface area contributed by atoms with Gasteiger partial charge in [0.2, 0.25) is 0 Å². The molecule has 3 unspecified atom stereocenters. The van der Waals surface area contributed by atoms with Gasteiger partial charge in [-0.25, -0.2) is 8.42 Å². The Kier molecular flexibility index (Phi) is 2.96. The third kappa shape index (κ3) is 2.08. The van der Waals surface area contributed by atoms with Gasteiger partial charge in [0.15, 0.2) is 9.84 Å². The minimum atomic E-state index is -3.18. The Bertz CT molecular complexity index is 388. The van der Waals surface area contributed by atoms with Crippen LogP contribution in [0.4, 0.5) is 0 Å². The maximum atomic E-state index is 11.9. The summed E-state index contributed by atoms with van der Waals surface area (Å²) in [5, 5.41) is 2.72. The summed E-state index contributed by atoms with van der Waals surface area (Å²) in [6.07, 6.45) is 2.09. The summed E-state index contributed by atoms with van der Waals surface area (Å²) >= 11 is 0. The first-order valence-corrected chi connectivity index (χ1v) is 7.22. The van der Waals surface area contributed by atoms with E-state index in [4.69, 9.17) is 0 Å². The number of carbonyl (C=O) groups is 1. The lowest BCUT2D eigenvalue weighted by atomic mass is 10.1. The van der Waals surface area contributed by atoms with Crippen molar-refractivity contribution in [3.8, 4) is 0 Å². The second-order valence-corrected chi connectivity index (χ2v) is 7.04. The van der Waals surface area contributed by atoms with Crippen molar-refractivity contribution in [3.63, 3.8) is 0 Å². The number of ether oxygens (including phenoxy) is 1. The average Bonchev–Trinajstić information content (AvgIpc) is 3.04. The molecule has 0 spiro atoms. The molecule has 3 atom stereocenters. The normalized spacial score (nSPS) is 38.0. The molecular weight excluding hydrogens is 230 g/mol. The highest BCUT2D eigenvalue weighted by Gasteiger charge is 2.47. The van der Waals surface area contributed by atoms with Crippen LogP contribution in [-0.4, -0.2) is 44.6 Å². The van der Waals surface area contributed by atoms with Crippen LogP contribution in [-0.2, 0) is 19.4 Å². The fraction of sp³-hybridized carbons (Fsp3) is 0.900. The predicted molar refractivity (Wildman–Crippen MR) is 58.7 cm³/mol. The maximum Gasteiger partial charge on any atom is 0.323 e. The highest BCUT2D eigenvalue weighted by Crippen LogP contribution is 2.37. The van der Waals surface area contributed by atoms with Gasteiger partial charge in [0.1, 0.15) is 6.04 Å². The van der Waals surface area contributed by atoms with Gasteiger partial charge >= 0.3 is 5.97 Å². The van der Waals surface area contributed by atoms with Crippen molar-refractivity contribution >= 4 is 15.8 Å². The third-order valence-electron chi connectivity index (χ3n) is 3.48. The van der Waals surface area contributed by atoms with Crippen molar-refractivity contribution in [2.75, 3.05) is 12.9 Å². The zero-order valence-electron chi connectivity index (χ0n) is 9.47. The van der Waals surface area contributed by atoms with Gasteiger partial charge in [-0.05, 0) is 25.7 Å². The molecule has 2 fully saturated rings.